The Balaban J connectivity index is 1.99. The quantitative estimate of drug-likeness (QED) is 0.172. The van der Waals surface area contributed by atoms with Gasteiger partial charge in [-0.1, -0.05) is 103 Å². The van der Waals surface area contributed by atoms with E-state index in [0.717, 1.165) is 25.2 Å². The summed E-state index contributed by atoms with van der Waals surface area (Å²) >= 11 is 0. The van der Waals surface area contributed by atoms with Crippen molar-refractivity contribution in [3.05, 3.63) is 23.9 Å². The van der Waals surface area contributed by atoms with Crippen LogP contribution in [0, 0.1) is 0 Å². The SMILES string of the molecule is CCCCCCCCCCCCCCCCN1CC=CC=C1COC(=O)CCC(=O)O. The van der Waals surface area contributed by atoms with Crippen LogP contribution in [-0.2, 0) is 14.3 Å². The molecule has 31 heavy (non-hydrogen) atoms. The van der Waals surface area contributed by atoms with Crippen molar-refractivity contribution < 1.29 is 19.4 Å². The van der Waals surface area contributed by atoms with Crippen LogP contribution in [0.5, 0.6) is 0 Å². The van der Waals surface area contributed by atoms with Crippen molar-refractivity contribution in [1.29, 1.82) is 0 Å². The molecule has 1 rings (SSSR count). The molecule has 0 aromatic carbocycles. The Bertz CT molecular complexity index is 542. The smallest absolute Gasteiger partial charge is 0.306 e. The maximum absolute atomic E-state index is 11.6. The number of ether oxygens (including phenoxy) is 1. The van der Waals surface area contributed by atoms with E-state index < -0.39 is 11.9 Å². The van der Waals surface area contributed by atoms with Gasteiger partial charge in [0.2, 0.25) is 0 Å². The molecular weight excluding hydrogens is 390 g/mol. The monoisotopic (exact) mass is 435 g/mol. The van der Waals surface area contributed by atoms with Gasteiger partial charge in [-0.25, -0.2) is 0 Å². The Morgan fingerprint density at radius 1 is 0.871 bits per heavy atom. The number of hydrogen-bond donors (Lipinski definition) is 1. The second-order valence-electron chi connectivity index (χ2n) is 8.68. The number of rotatable bonds is 20. The van der Waals surface area contributed by atoms with Crippen molar-refractivity contribution in [2.45, 2.75) is 110 Å². The highest BCUT2D eigenvalue weighted by Crippen LogP contribution is 2.15. The minimum Gasteiger partial charge on any atom is -0.481 e. The van der Waals surface area contributed by atoms with E-state index in [4.69, 9.17) is 9.84 Å². The lowest BCUT2D eigenvalue weighted by Gasteiger charge is -2.28. The summed E-state index contributed by atoms with van der Waals surface area (Å²) < 4.78 is 5.24. The maximum atomic E-state index is 11.6. The molecule has 0 fully saturated rings. The molecule has 5 nitrogen and oxygen atoms in total. The zero-order valence-electron chi connectivity index (χ0n) is 19.8. The van der Waals surface area contributed by atoms with Crippen molar-refractivity contribution in [3.8, 4) is 0 Å². The van der Waals surface area contributed by atoms with E-state index in [-0.39, 0.29) is 19.4 Å². The van der Waals surface area contributed by atoms with Gasteiger partial charge >= 0.3 is 11.9 Å². The van der Waals surface area contributed by atoms with Gasteiger partial charge in [0.05, 0.1) is 18.5 Å². The summed E-state index contributed by atoms with van der Waals surface area (Å²) in [5.41, 5.74) is 1.00. The fourth-order valence-corrected chi connectivity index (χ4v) is 3.90. The molecule has 0 unspecified atom stereocenters. The Morgan fingerprint density at radius 3 is 1.97 bits per heavy atom. The summed E-state index contributed by atoms with van der Waals surface area (Å²) in [6.07, 6.45) is 24.8. The van der Waals surface area contributed by atoms with Gasteiger partial charge in [-0.15, -0.1) is 0 Å². The van der Waals surface area contributed by atoms with Gasteiger partial charge in [-0.2, -0.15) is 0 Å². The third kappa shape index (κ3) is 15.6. The molecule has 0 aromatic heterocycles. The first kappa shape index (κ1) is 27.3. The molecule has 1 aliphatic heterocycles. The maximum Gasteiger partial charge on any atom is 0.306 e. The predicted octanol–water partition coefficient (Wildman–Crippen LogP) is 6.63. The van der Waals surface area contributed by atoms with Gasteiger partial charge < -0.3 is 14.7 Å². The number of nitrogens with zero attached hydrogens (tertiary/aromatic N) is 1. The molecular formula is C26H45NO4. The first-order chi connectivity index (χ1) is 15.1. The van der Waals surface area contributed by atoms with E-state index in [1.165, 1.54) is 83.5 Å². The van der Waals surface area contributed by atoms with Crippen molar-refractivity contribution in [1.82, 2.24) is 4.90 Å². The van der Waals surface area contributed by atoms with Crippen LogP contribution in [0.25, 0.3) is 0 Å². The van der Waals surface area contributed by atoms with Crippen LogP contribution in [-0.4, -0.2) is 41.6 Å². The van der Waals surface area contributed by atoms with E-state index in [0.29, 0.717) is 0 Å². The third-order valence-corrected chi connectivity index (χ3v) is 5.86. The van der Waals surface area contributed by atoms with Gasteiger partial charge in [0.15, 0.2) is 0 Å². The molecule has 0 atom stereocenters. The number of unbranched alkanes of at least 4 members (excludes halogenated alkanes) is 13. The zero-order valence-corrected chi connectivity index (χ0v) is 19.8. The number of carboxylic acid groups (broad SMARTS) is 1. The topological polar surface area (TPSA) is 66.8 Å². The first-order valence-electron chi connectivity index (χ1n) is 12.6. The third-order valence-electron chi connectivity index (χ3n) is 5.86. The fourth-order valence-electron chi connectivity index (χ4n) is 3.90. The van der Waals surface area contributed by atoms with E-state index in [1.807, 2.05) is 12.2 Å². The van der Waals surface area contributed by atoms with Gasteiger partial charge in [0.25, 0.3) is 0 Å². The minimum atomic E-state index is -0.976. The average Bonchev–Trinajstić information content (AvgIpc) is 2.77. The standard InChI is InChI=1S/C26H45NO4/c1-2-3-4-5-6-7-8-9-10-11-12-13-14-16-21-27-22-17-15-18-24(27)23-31-26(30)20-19-25(28)29/h15,17-18H,2-14,16,19-23H2,1H3,(H,28,29). The van der Waals surface area contributed by atoms with Crippen LogP contribution in [0.2, 0.25) is 0 Å². The molecule has 0 aliphatic carbocycles. The lowest BCUT2D eigenvalue weighted by atomic mass is 10.0. The first-order valence-corrected chi connectivity index (χ1v) is 12.6. The van der Waals surface area contributed by atoms with E-state index >= 15 is 0 Å². The Kier molecular flexibility index (Phi) is 16.7. The summed E-state index contributed by atoms with van der Waals surface area (Å²) in [6, 6.07) is 0. The number of carboxylic acids is 1. The second-order valence-corrected chi connectivity index (χ2v) is 8.68. The van der Waals surface area contributed by atoms with Crippen molar-refractivity contribution in [2.75, 3.05) is 19.7 Å². The summed E-state index contributed by atoms with van der Waals surface area (Å²) in [4.78, 5) is 24.4. The van der Waals surface area contributed by atoms with Crippen molar-refractivity contribution in [3.63, 3.8) is 0 Å². The molecule has 0 spiro atoms. The fraction of sp³-hybridized carbons (Fsp3) is 0.769. The second kappa shape index (κ2) is 18.9. The number of carbonyl (C=O) groups excluding carboxylic acids is 1. The van der Waals surface area contributed by atoms with Gasteiger partial charge in [0.1, 0.15) is 6.61 Å². The summed E-state index contributed by atoms with van der Waals surface area (Å²) in [5.74, 6) is -1.43. The summed E-state index contributed by atoms with van der Waals surface area (Å²) in [7, 11) is 0. The molecule has 0 saturated heterocycles. The van der Waals surface area contributed by atoms with Crippen LogP contribution in [0.4, 0.5) is 0 Å². The van der Waals surface area contributed by atoms with Gasteiger partial charge in [-0.05, 0) is 12.5 Å². The molecule has 0 aromatic rings. The van der Waals surface area contributed by atoms with Crippen LogP contribution in [0.15, 0.2) is 23.9 Å². The molecule has 178 valence electrons. The molecule has 5 heteroatoms. The molecule has 1 heterocycles. The molecule has 1 aliphatic rings. The van der Waals surface area contributed by atoms with Gasteiger partial charge in [0, 0.05) is 13.1 Å². The Morgan fingerprint density at radius 2 is 1.42 bits per heavy atom. The lowest BCUT2D eigenvalue weighted by molar-refractivity contribution is -0.147. The number of carbonyl (C=O) groups is 2. The number of allylic oxidation sites excluding steroid dienone is 2. The zero-order chi connectivity index (χ0) is 22.6. The van der Waals surface area contributed by atoms with E-state index in [2.05, 4.69) is 17.9 Å². The minimum absolute atomic E-state index is 0.0720. The Hall–Kier alpha value is -1.78. The molecule has 0 saturated carbocycles. The van der Waals surface area contributed by atoms with Crippen molar-refractivity contribution in [2.24, 2.45) is 0 Å². The van der Waals surface area contributed by atoms with Crippen LogP contribution in [0.1, 0.15) is 110 Å². The van der Waals surface area contributed by atoms with Crippen LogP contribution >= 0.6 is 0 Å². The molecule has 0 radical (unpaired) electrons. The molecule has 0 bridgehead atoms. The average molecular weight is 436 g/mol. The summed E-state index contributed by atoms with van der Waals surface area (Å²) in [6.45, 7) is 4.31. The number of hydrogen-bond acceptors (Lipinski definition) is 4. The highest BCUT2D eigenvalue weighted by Gasteiger charge is 2.13. The van der Waals surface area contributed by atoms with E-state index in [1.54, 1.807) is 0 Å². The van der Waals surface area contributed by atoms with E-state index in [9.17, 15) is 9.59 Å². The summed E-state index contributed by atoms with van der Waals surface area (Å²) in [5, 5.41) is 8.64. The Labute approximate surface area is 189 Å². The predicted molar refractivity (Wildman–Crippen MR) is 127 cm³/mol. The van der Waals surface area contributed by atoms with Crippen molar-refractivity contribution >= 4 is 11.9 Å². The largest absolute Gasteiger partial charge is 0.481 e. The lowest BCUT2D eigenvalue weighted by Crippen LogP contribution is -2.29. The number of aliphatic carboxylic acids is 1. The highest BCUT2D eigenvalue weighted by atomic mass is 16.5. The highest BCUT2D eigenvalue weighted by molar-refractivity contribution is 5.76. The molecule has 1 N–H and O–H groups in total. The normalized spacial score (nSPS) is 13.3. The van der Waals surface area contributed by atoms with Crippen LogP contribution in [0.3, 0.4) is 0 Å². The van der Waals surface area contributed by atoms with Crippen LogP contribution < -0.4 is 0 Å². The molecule has 0 amide bonds. The van der Waals surface area contributed by atoms with Gasteiger partial charge in [-0.3, -0.25) is 9.59 Å². The number of esters is 1.